The number of carbonyl (C=O) groups is 6. The molecule has 0 aliphatic carbocycles. The highest BCUT2D eigenvalue weighted by molar-refractivity contribution is 5.99. The number of ether oxygens (including phenoxy) is 2. The zero-order chi connectivity index (χ0) is 47.2. The number of nitrogens with one attached hydrogen (secondary N) is 3. The van der Waals surface area contributed by atoms with Gasteiger partial charge in [-0.1, -0.05) is 84.9 Å². The molecule has 350 valence electrons. The SMILES string of the molecule is COC(=O)C[C@H](C(=O)N1CCC[C@H]1C(=O)Nc1ccc([C@@H]2CC[C@@H](c3ccc(NC(=O)C4CCCN4C(=O)[C@@H](NC(=O)OC)C(C)C)cc3)N2c2ccc(C(C)(C)C)cc2)cc1)C(C)C. The van der Waals surface area contributed by atoms with Crippen molar-refractivity contribution in [1.29, 1.82) is 0 Å². The molecular formula is C51H68N6O8. The first-order valence-electron chi connectivity index (χ1n) is 23.1. The lowest BCUT2D eigenvalue weighted by Gasteiger charge is -2.34. The van der Waals surface area contributed by atoms with Crippen molar-refractivity contribution < 1.29 is 38.2 Å². The maximum absolute atomic E-state index is 13.7. The largest absolute Gasteiger partial charge is 0.469 e. The lowest BCUT2D eigenvalue weighted by Crippen LogP contribution is -2.54. The molecule has 3 N–H and O–H groups in total. The molecule has 6 rings (SSSR count). The van der Waals surface area contributed by atoms with E-state index in [9.17, 15) is 28.8 Å². The van der Waals surface area contributed by atoms with Crippen LogP contribution in [0.4, 0.5) is 21.9 Å². The summed E-state index contributed by atoms with van der Waals surface area (Å²) >= 11 is 0. The summed E-state index contributed by atoms with van der Waals surface area (Å²) < 4.78 is 9.60. The van der Waals surface area contributed by atoms with Gasteiger partial charge in [-0.05, 0) is 109 Å². The number of likely N-dealkylation sites (tertiary alicyclic amines) is 2. The van der Waals surface area contributed by atoms with Crippen molar-refractivity contribution in [2.24, 2.45) is 17.8 Å². The van der Waals surface area contributed by atoms with Crippen molar-refractivity contribution in [1.82, 2.24) is 15.1 Å². The van der Waals surface area contributed by atoms with Crippen LogP contribution in [-0.4, -0.2) is 90.9 Å². The fourth-order valence-electron chi connectivity index (χ4n) is 9.56. The molecule has 3 aromatic carbocycles. The minimum Gasteiger partial charge on any atom is -0.469 e. The third-order valence-corrected chi connectivity index (χ3v) is 13.3. The zero-order valence-electron chi connectivity index (χ0n) is 39.5. The fourth-order valence-corrected chi connectivity index (χ4v) is 9.56. The molecule has 3 aliphatic rings. The first-order chi connectivity index (χ1) is 30.9. The van der Waals surface area contributed by atoms with Gasteiger partial charge in [0.25, 0.3) is 0 Å². The van der Waals surface area contributed by atoms with Crippen molar-refractivity contribution in [3.05, 3.63) is 89.5 Å². The van der Waals surface area contributed by atoms with Gasteiger partial charge >= 0.3 is 12.1 Å². The highest BCUT2D eigenvalue weighted by atomic mass is 16.5. The standard InChI is InChI=1S/C51H68N6O8/c1-31(2)39(30-44(58)64-8)48(61)55-28-10-12-42(55)46(59)52-36-20-14-33(15-21-36)40-26-27-41(57(40)38-24-18-35(19-25-38)51(5,6)7)34-16-22-37(23-17-34)53-47(60)43-13-11-29-56(43)49(62)45(32(3)4)54-50(63)65-9/h14-25,31-32,39-43,45H,10-13,26-30H2,1-9H3,(H,52,59)(H,53,60)(H,54,63)/t39-,40-,41-,42-,43?,45-/m0/s1. The molecule has 0 radical (unpaired) electrons. The number of methoxy groups -OCH3 is 2. The second-order valence-electron chi connectivity index (χ2n) is 19.4. The first-order valence-corrected chi connectivity index (χ1v) is 23.1. The molecule has 65 heavy (non-hydrogen) atoms. The van der Waals surface area contributed by atoms with E-state index < -0.39 is 36.1 Å². The zero-order valence-corrected chi connectivity index (χ0v) is 39.5. The van der Waals surface area contributed by atoms with Crippen LogP contribution in [0.1, 0.15) is 122 Å². The van der Waals surface area contributed by atoms with E-state index in [1.165, 1.54) is 19.8 Å². The van der Waals surface area contributed by atoms with Crippen LogP contribution in [0.25, 0.3) is 0 Å². The number of carbonyl (C=O) groups excluding carboxylic acids is 6. The van der Waals surface area contributed by atoms with Gasteiger partial charge in [0.15, 0.2) is 0 Å². The Kier molecular flexibility index (Phi) is 15.6. The number of esters is 1. The van der Waals surface area contributed by atoms with E-state index in [4.69, 9.17) is 9.47 Å². The summed E-state index contributed by atoms with van der Waals surface area (Å²) in [4.78, 5) is 84.4. The lowest BCUT2D eigenvalue weighted by atomic mass is 9.87. The van der Waals surface area contributed by atoms with Gasteiger partial charge in [0, 0.05) is 30.2 Å². The van der Waals surface area contributed by atoms with Gasteiger partial charge in [0.1, 0.15) is 18.1 Å². The Bertz CT molecular complexity index is 2040. The van der Waals surface area contributed by atoms with E-state index in [2.05, 4.69) is 90.2 Å². The van der Waals surface area contributed by atoms with Crippen LogP contribution >= 0.6 is 0 Å². The molecule has 3 aliphatic heterocycles. The molecular weight excluding hydrogens is 825 g/mol. The predicted octanol–water partition coefficient (Wildman–Crippen LogP) is 8.14. The average molecular weight is 893 g/mol. The van der Waals surface area contributed by atoms with Gasteiger partial charge in [-0.2, -0.15) is 0 Å². The third-order valence-electron chi connectivity index (χ3n) is 13.3. The molecule has 3 fully saturated rings. The fraction of sp³-hybridized carbons (Fsp3) is 0.529. The summed E-state index contributed by atoms with van der Waals surface area (Å²) in [5.41, 5.74) is 5.79. The highest BCUT2D eigenvalue weighted by Gasteiger charge is 2.41. The van der Waals surface area contributed by atoms with Crippen molar-refractivity contribution in [3.8, 4) is 0 Å². The molecule has 14 heteroatoms. The van der Waals surface area contributed by atoms with Gasteiger partial charge in [0.2, 0.25) is 23.6 Å². The molecule has 0 saturated carbocycles. The minimum absolute atomic E-state index is 0.0101. The van der Waals surface area contributed by atoms with Crippen LogP contribution in [0.15, 0.2) is 72.8 Å². The number of benzene rings is 3. The van der Waals surface area contributed by atoms with Gasteiger partial charge < -0.3 is 40.1 Å². The number of amides is 5. The summed E-state index contributed by atoms with van der Waals surface area (Å²) in [5, 5.41) is 8.73. The van der Waals surface area contributed by atoms with E-state index in [0.717, 1.165) is 29.7 Å². The van der Waals surface area contributed by atoms with Crippen LogP contribution in [0.3, 0.4) is 0 Å². The Morgan fingerprint density at radius 3 is 1.52 bits per heavy atom. The van der Waals surface area contributed by atoms with Crippen LogP contribution in [0, 0.1) is 17.8 Å². The Morgan fingerprint density at radius 2 is 1.11 bits per heavy atom. The average Bonchev–Trinajstić information content (AvgIpc) is 4.08. The molecule has 3 heterocycles. The summed E-state index contributed by atoms with van der Waals surface area (Å²) in [7, 11) is 2.57. The van der Waals surface area contributed by atoms with E-state index >= 15 is 0 Å². The number of alkyl carbamates (subject to hydrolysis) is 1. The molecule has 0 aromatic heterocycles. The molecule has 6 atom stereocenters. The number of anilines is 3. The monoisotopic (exact) mass is 893 g/mol. The second kappa shape index (κ2) is 20.9. The molecule has 14 nitrogen and oxygen atoms in total. The van der Waals surface area contributed by atoms with Crippen molar-refractivity contribution in [3.63, 3.8) is 0 Å². The lowest BCUT2D eigenvalue weighted by molar-refractivity contribution is -0.149. The predicted molar refractivity (Wildman–Crippen MR) is 251 cm³/mol. The molecule has 0 bridgehead atoms. The highest BCUT2D eigenvalue weighted by Crippen LogP contribution is 2.47. The summed E-state index contributed by atoms with van der Waals surface area (Å²) in [6.45, 7) is 15.0. The van der Waals surface area contributed by atoms with E-state index in [1.54, 1.807) is 9.80 Å². The summed E-state index contributed by atoms with van der Waals surface area (Å²) in [5.74, 6) is -2.30. The number of nitrogens with zero attached hydrogens (tertiary/aromatic N) is 3. The molecule has 5 amide bonds. The smallest absolute Gasteiger partial charge is 0.407 e. The van der Waals surface area contributed by atoms with Crippen molar-refractivity contribution in [2.75, 3.05) is 42.8 Å². The summed E-state index contributed by atoms with van der Waals surface area (Å²) in [6.07, 6.45) is 3.51. The number of hydrogen-bond donors (Lipinski definition) is 3. The van der Waals surface area contributed by atoms with Gasteiger partial charge in [0.05, 0.1) is 38.6 Å². The maximum Gasteiger partial charge on any atom is 0.407 e. The maximum atomic E-state index is 13.7. The molecule has 3 aromatic rings. The van der Waals surface area contributed by atoms with E-state index in [0.29, 0.717) is 50.1 Å². The van der Waals surface area contributed by atoms with Gasteiger partial charge in [-0.25, -0.2) is 4.79 Å². The Hall–Kier alpha value is -5.92. The van der Waals surface area contributed by atoms with E-state index in [1.807, 2.05) is 52.0 Å². The van der Waals surface area contributed by atoms with Gasteiger partial charge in [-0.15, -0.1) is 0 Å². The number of rotatable bonds is 14. The minimum atomic E-state index is -0.812. The Morgan fingerprint density at radius 1 is 0.631 bits per heavy atom. The Labute approximate surface area is 384 Å². The van der Waals surface area contributed by atoms with Crippen LogP contribution in [0.2, 0.25) is 0 Å². The number of hydrogen-bond acceptors (Lipinski definition) is 9. The van der Waals surface area contributed by atoms with Crippen LogP contribution < -0.4 is 20.9 Å². The van der Waals surface area contributed by atoms with Crippen LogP contribution in [-0.2, 0) is 38.9 Å². The molecule has 3 saturated heterocycles. The third kappa shape index (κ3) is 11.3. The second-order valence-corrected chi connectivity index (χ2v) is 19.4. The van der Waals surface area contributed by atoms with E-state index in [-0.39, 0.29) is 59.4 Å². The molecule has 0 spiro atoms. The van der Waals surface area contributed by atoms with Gasteiger partial charge in [-0.3, -0.25) is 24.0 Å². The normalized spacial score (nSPS) is 20.7. The molecule has 1 unspecified atom stereocenters. The van der Waals surface area contributed by atoms with Crippen molar-refractivity contribution >= 4 is 52.8 Å². The Balaban J connectivity index is 1.17. The van der Waals surface area contributed by atoms with Crippen LogP contribution in [0.5, 0.6) is 0 Å². The quantitative estimate of drug-likeness (QED) is 0.136. The van der Waals surface area contributed by atoms with Crippen molar-refractivity contribution in [2.45, 2.75) is 129 Å². The first kappa shape index (κ1) is 48.5. The topological polar surface area (TPSA) is 167 Å². The summed E-state index contributed by atoms with van der Waals surface area (Å²) in [6, 6.07) is 22.7.